The Kier molecular flexibility index (Phi) is 6.21. The van der Waals surface area contributed by atoms with Crippen LogP contribution in [0.15, 0.2) is 45.9 Å². The van der Waals surface area contributed by atoms with Crippen molar-refractivity contribution >= 4 is 32.9 Å². The predicted molar refractivity (Wildman–Crippen MR) is 115 cm³/mol. The minimum Gasteiger partial charge on any atom is -0.444 e. The third-order valence-electron chi connectivity index (χ3n) is 4.27. The van der Waals surface area contributed by atoms with Gasteiger partial charge in [-0.3, -0.25) is 14.3 Å². The monoisotopic (exact) mass is 476 g/mol. The summed E-state index contributed by atoms with van der Waals surface area (Å²) in [6, 6.07) is 5.37. The van der Waals surface area contributed by atoms with Crippen molar-refractivity contribution in [2.45, 2.75) is 45.8 Å². The van der Waals surface area contributed by atoms with E-state index in [1.54, 1.807) is 39.1 Å². The number of rotatable bonds is 4. The van der Waals surface area contributed by atoms with Gasteiger partial charge in [-0.05, 0) is 67.4 Å². The van der Waals surface area contributed by atoms with Crippen molar-refractivity contribution < 1.29 is 13.9 Å². The molecule has 30 heavy (non-hydrogen) atoms. The van der Waals surface area contributed by atoms with E-state index < -0.39 is 29.1 Å². The highest BCUT2D eigenvalue weighted by Crippen LogP contribution is 2.26. The van der Waals surface area contributed by atoms with Crippen molar-refractivity contribution in [2.75, 3.05) is 0 Å². The minimum absolute atomic E-state index is 0.0750. The highest BCUT2D eigenvalue weighted by Gasteiger charge is 2.26. The van der Waals surface area contributed by atoms with Crippen LogP contribution in [0.3, 0.4) is 0 Å². The van der Waals surface area contributed by atoms with Crippen LogP contribution in [0.2, 0.25) is 0 Å². The predicted octanol–water partition coefficient (Wildman–Crippen LogP) is 4.66. The molecule has 3 aromatic rings. The molecule has 1 aromatic carbocycles. The second kappa shape index (κ2) is 8.51. The Morgan fingerprint density at radius 3 is 2.67 bits per heavy atom. The molecule has 9 heteroatoms. The van der Waals surface area contributed by atoms with Crippen molar-refractivity contribution in [3.63, 3.8) is 0 Å². The fourth-order valence-electron chi connectivity index (χ4n) is 3.00. The molecule has 2 heterocycles. The molecule has 0 saturated carbocycles. The fourth-order valence-corrected chi connectivity index (χ4v) is 3.49. The van der Waals surface area contributed by atoms with Gasteiger partial charge in [-0.2, -0.15) is 0 Å². The number of hydrogen-bond donors (Lipinski definition) is 1. The number of benzene rings is 1. The molecule has 158 valence electrons. The van der Waals surface area contributed by atoms with Crippen LogP contribution < -0.4 is 10.9 Å². The average molecular weight is 477 g/mol. The van der Waals surface area contributed by atoms with Crippen LogP contribution in [0.25, 0.3) is 16.6 Å². The second-order valence-corrected chi connectivity index (χ2v) is 8.54. The molecule has 3 rings (SSSR count). The van der Waals surface area contributed by atoms with Crippen LogP contribution >= 0.6 is 15.9 Å². The summed E-state index contributed by atoms with van der Waals surface area (Å²) >= 11 is 3.32. The maximum Gasteiger partial charge on any atom is 0.408 e. The van der Waals surface area contributed by atoms with E-state index in [2.05, 4.69) is 31.2 Å². The molecule has 2 aromatic heterocycles. The maximum absolute atomic E-state index is 14.6. The first-order valence-corrected chi connectivity index (χ1v) is 10.2. The van der Waals surface area contributed by atoms with Crippen LogP contribution in [-0.4, -0.2) is 26.2 Å². The summed E-state index contributed by atoms with van der Waals surface area (Å²) in [6.45, 7) is 7.07. The molecule has 0 fully saturated rings. The van der Waals surface area contributed by atoms with Crippen molar-refractivity contribution in [1.29, 1.82) is 0 Å². The van der Waals surface area contributed by atoms with Gasteiger partial charge in [-0.25, -0.2) is 14.2 Å². The van der Waals surface area contributed by atoms with Gasteiger partial charge in [0.1, 0.15) is 22.8 Å². The zero-order chi connectivity index (χ0) is 22.1. The first kappa shape index (κ1) is 21.9. The Hall–Kier alpha value is -2.81. The molecule has 0 aliphatic rings. The summed E-state index contributed by atoms with van der Waals surface area (Å²) in [5.41, 5.74) is -0.792. The lowest BCUT2D eigenvalue weighted by molar-refractivity contribution is 0.0499. The number of hydrogen-bond acceptors (Lipinski definition) is 5. The number of nitrogens with one attached hydrogen (secondary N) is 1. The summed E-state index contributed by atoms with van der Waals surface area (Å²) in [6.07, 6.45) is 2.82. The molecule has 1 N–H and O–H groups in total. The fraction of sp³-hybridized carbons (Fsp3) is 0.333. The van der Waals surface area contributed by atoms with Crippen molar-refractivity contribution in [1.82, 2.24) is 19.9 Å². The number of amides is 1. The van der Waals surface area contributed by atoms with Gasteiger partial charge in [0.2, 0.25) is 0 Å². The van der Waals surface area contributed by atoms with Gasteiger partial charge in [0.15, 0.2) is 0 Å². The van der Waals surface area contributed by atoms with Crippen LogP contribution in [0.5, 0.6) is 0 Å². The highest BCUT2D eigenvalue weighted by molar-refractivity contribution is 9.10. The SMILES string of the molecule is CC[C@H](NC(=O)OC(C)(C)C)c1nc2c(F)ccc(Br)c2c(=O)n1-c1cccnc1. The smallest absolute Gasteiger partial charge is 0.408 e. The van der Waals surface area contributed by atoms with Gasteiger partial charge in [-0.1, -0.05) is 6.92 Å². The highest BCUT2D eigenvalue weighted by atomic mass is 79.9. The molecule has 0 bridgehead atoms. The van der Waals surface area contributed by atoms with E-state index in [0.717, 1.165) is 0 Å². The number of alkyl carbamates (subject to hydrolysis) is 1. The summed E-state index contributed by atoms with van der Waals surface area (Å²) in [5, 5.41) is 2.84. The maximum atomic E-state index is 14.6. The number of ether oxygens (including phenoxy) is 1. The molecule has 0 unspecified atom stereocenters. The first-order chi connectivity index (χ1) is 14.1. The van der Waals surface area contributed by atoms with Crippen molar-refractivity contribution in [2.24, 2.45) is 0 Å². The number of nitrogens with zero attached hydrogens (tertiary/aromatic N) is 3. The lowest BCUT2D eigenvalue weighted by Gasteiger charge is -2.24. The van der Waals surface area contributed by atoms with E-state index in [4.69, 9.17) is 4.74 Å². The molecular weight excluding hydrogens is 455 g/mol. The zero-order valence-corrected chi connectivity index (χ0v) is 18.7. The zero-order valence-electron chi connectivity index (χ0n) is 17.1. The third kappa shape index (κ3) is 4.51. The molecule has 0 aliphatic carbocycles. The Bertz CT molecular complexity index is 1140. The number of pyridine rings is 1. The van der Waals surface area contributed by atoms with Gasteiger partial charge < -0.3 is 10.1 Å². The van der Waals surface area contributed by atoms with Gasteiger partial charge in [0.05, 0.1) is 23.3 Å². The number of halogens is 2. The Morgan fingerprint density at radius 1 is 1.33 bits per heavy atom. The summed E-state index contributed by atoms with van der Waals surface area (Å²) in [7, 11) is 0. The normalized spacial score (nSPS) is 12.6. The molecule has 0 saturated heterocycles. The summed E-state index contributed by atoms with van der Waals surface area (Å²) in [4.78, 5) is 34.3. The second-order valence-electron chi connectivity index (χ2n) is 7.68. The van der Waals surface area contributed by atoms with E-state index in [1.807, 2.05) is 6.92 Å². The average Bonchev–Trinajstić information content (AvgIpc) is 2.68. The molecular formula is C21H22BrFN4O3. The number of fused-ring (bicyclic) bond motifs is 1. The molecule has 0 radical (unpaired) electrons. The standard InChI is InChI=1S/C21H22BrFN4O3/c1-5-15(25-20(29)30-21(2,3)4)18-26-17-14(23)9-8-13(22)16(17)19(28)27(18)12-7-6-10-24-11-12/h6-11,15H,5H2,1-4H3,(H,25,29)/t15-/m0/s1. The number of aromatic nitrogens is 3. The van der Waals surface area contributed by atoms with Crippen molar-refractivity contribution in [3.05, 3.63) is 63.1 Å². The molecule has 0 spiro atoms. The minimum atomic E-state index is -0.699. The Labute approximate surface area is 181 Å². The molecule has 7 nitrogen and oxygen atoms in total. The summed E-state index contributed by atoms with van der Waals surface area (Å²) in [5.74, 6) is -0.442. The van der Waals surface area contributed by atoms with Gasteiger partial charge in [0, 0.05) is 10.7 Å². The topological polar surface area (TPSA) is 86.1 Å². The van der Waals surface area contributed by atoms with E-state index >= 15 is 0 Å². The van der Waals surface area contributed by atoms with Crippen LogP contribution in [0.4, 0.5) is 9.18 Å². The van der Waals surface area contributed by atoms with E-state index in [0.29, 0.717) is 16.6 Å². The quantitative estimate of drug-likeness (QED) is 0.591. The van der Waals surface area contributed by atoms with Gasteiger partial charge >= 0.3 is 6.09 Å². The van der Waals surface area contributed by atoms with Crippen LogP contribution in [-0.2, 0) is 4.74 Å². The van der Waals surface area contributed by atoms with E-state index in [1.165, 1.54) is 22.9 Å². The lowest BCUT2D eigenvalue weighted by Crippen LogP contribution is -2.38. The molecule has 0 aliphatic heterocycles. The number of carbonyl (C=O) groups is 1. The van der Waals surface area contributed by atoms with Crippen LogP contribution in [0.1, 0.15) is 46.0 Å². The number of carbonyl (C=O) groups excluding carboxylic acids is 1. The van der Waals surface area contributed by atoms with Gasteiger partial charge in [0.25, 0.3) is 5.56 Å². The molecule has 1 atom stereocenters. The third-order valence-corrected chi connectivity index (χ3v) is 4.93. The first-order valence-electron chi connectivity index (χ1n) is 9.43. The molecule has 1 amide bonds. The van der Waals surface area contributed by atoms with Crippen molar-refractivity contribution in [3.8, 4) is 5.69 Å². The van der Waals surface area contributed by atoms with Gasteiger partial charge in [-0.15, -0.1) is 0 Å². The Morgan fingerprint density at radius 2 is 2.07 bits per heavy atom. The summed E-state index contributed by atoms with van der Waals surface area (Å²) < 4.78 is 21.7. The van der Waals surface area contributed by atoms with E-state index in [-0.39, 0.29) is 16.7 Å². The lowest BCUT2D eigenvalue weighted by atomic mass is 10.1. The van der Waals surface area contributed by atoms with E-state index in [9.17, 15) is 14.0 Å². The van der Waals surface area contributed by atoms with Crippen LogP contribution in [0, 0.1) is 5.82 Å². The largest absolute Gasteiger partial charge is 0.444 e. The Balaban J connectivity index is 2.25.